The Hall–Kier alpha value is -0.960. The zero-order valence-corrected chi connectivity index (χ0v) is 10.0. The molecule has 1 atom stereocenters. The predicted octanol–water partition coefficient (Wildman–Crippen LogP) is 2.76. The number of hydrogen-bond donors (Lipinski definition) is 1. The molecule has 16 heavy (non-hydrogen) atoms. The zero-order chi connectivity index (χ0) is 11.4. The molecule has 1 aliphatic rings. The lowest BCUT2D eigenvalue weighted by Gasteiger charge is -2.24. The van der Waals surface area contributed by atoms with Gasteiger partial charge in [-0.05, 0) is 19.3 Å². The summed E-state index contributed by atoms with van der Waals surface area (Å²) < 4.78 is 0. The molecule has 1 aliphatic carbocycles. The summed E-state index contributed by atoms with van der Waals surface area (Å²) in [6.45, 7) is 1.95. The van der Waals surface area contributed by atoms with E-state index in [1.807, 2.05) is 13.1 Å². The molecule has 3 nitrogen and oxygen atoms in total. The van der Waals surface area contributed by atoms with Crippen molar-refractivity contribution in [3.05, 3.63) is 23.8 Å². The average Bonchev–Trinajstić information content (AvgIpc) is 2.31. The van der Waals surface area contributed by atoms with Gasteiger partial charge in [0.2, 0.25) is 0 Å². The highest BCUT2D eigenvalue weighted by atomic mass is 14.8. The minimum Gasteiger partial charge on any atom is -0.323 e. The van der Waals surface area contributed by atoms with Crippen molar-refractivity contribution in [2.24, 2.45) is 11.7 Å². The van der Waals surface area contributed by atoms with Gasteiger partial charge in [-0.25, -0.2) is 0 Å². The number of nitrogens with two attached hydrogens (primary N) is 1. The normalized spacial score (nSPS) is 19.6. The van der Waals surface area contributed by atoms with Gasteiger partial charge in [0.25, 0.3) is 0 Å². The van der Waals surface area contributed by atoms with Crippen LogP contribution in [0.25, 0.3) is 0 Å². The first-order valence-corrected chi connectivity index (χ1v) is 6.30. The molecule has 0 aliphatic heterocycles. The molecule has 1 fully saturated rings. The van der Waals surface area contributed by atoms with Crippen LogP contribution in [-0.2, 0) is 0 Å². The molecule has 2 N–H and O–H groups in total. The Kier molecular flexibility index (Phi) is 3.88. The molecule has 0 amide bonds. The van der Waals surface area contributed by atoms with Gasteiger partial charge in [-0.3, -0.25) is 9.97 Å². The lowest BCUT2D eigenvalue weighted by molar-refractivity contribution is 0.317. The molecule has 2 rings (SSSR count). The Balaban J connectivity index is 1.91. The van der Waals surface area contributed by atoms with E-state index >= 15 is 0 Å². The minimum atomic E-state index is 0.0659. The van der Waals surface area contributed by atoms with Crippen LogP contribution < -0.4 is 5.73 Å². The third-order valence-electron chi connectivity index (χ3n) is 3.49. The van der Waals surface area contributed by atoms with E-state index in [4.69, 9.17) is 5.73 Å². The van der Waals surface area contributed by atoms with Crippen molar-refractivity contribution in [3.63, 3.8) is 0 Å². The molecule has 1 unspecified atom stereocenters. The van der Waals surface area contributed by atoms with Crippen LogP contribution in [0.2, 0.25) is 0 Å². The van der Waals surface area contributed by atoms with E-state index in [0.717, 1.165) is 23.7 Å². The quantitative estimate of drug-likeness (QED) is 0.850. The van der Waals surface area contributed by atoms with Gasteiger partial charge in [0.05, 0.1) is 17.6 Å². The van der Waals surface area contributed by atoms with E-state index < -0.39 is 0 Å². The van der Waals surface area contributed by atoms with Crippen LogP contribution in [0.1, 0.15) is 56.0 Å². The largest absolute Gasteiger partial charge is 0.323 e. The van der Waals surface area contributed by atoms with Crippen LogP contribution in [0.3, 0.4) is 0 Å². The van der Waals surface area contributed by atoms with Crippen molar-refractivity contribution in [2.45, 2.75) is 51.5 Å². The molecule has 0 radical (unpaired) electrons. The van der Waals surface area contributed by atoms with E-state index in [2.05, 4.69) is 9.97 Å². The Morgan fingerprint density at radius 3 is 2.62 bits per heavy atom. The predicted molar refractivity (Wildman–Crippen MR) is 64.9 cm³/mol. The molecule has 1 saturated carbocycles. The summed E-state index contributed by atoms with van der Waals surface area (Å²) in [4.78, 5) is 8.61. The van der Waals surface area contributed by atoms with E-state index in [1.165, 1.54) is 32.1 Å². The second-order valence-corrected chi connectivity index (χ2v) is 4.93. The summed E-state index contributed by atoms with van der Waals surface area (Å²) in [5, 5.41) is 0. The summed E-state index contributed by atoms with van der Waals surface area (Å²) in [6, 6.07) is 0.0659. The van der Waals surface area contributed by atoms with E-state index in [-0.39, 0.29) is 6.04 Å². The summed E-state index contributed by atoms with van der Waals surface area (Å²) in [6.07, 6.45) is 11.5. The highest BCUT2D eigenvalue weighted by Crippen LogP contribution is 2.30. The molecule has 0 saturated heterocycles. The van der Waals surface area contributed by atoms with Crippen molar-refractivity contribution in [1.29, 1.82) is 0 Å². The second-order valence-electron chi connectivity index (χ2n) is 4.93. The standard InChI is InChI=1S/C13H21N3/c1-10-8-16-13(9-15-10)12(14)7-11-5-3-2-4-6-11/h8-9,11-12H,2-7,14H2,1H3. The van der Waals surface area contributed by atoms with E-state index in [0.29, 0.717) is 0 Å². The zero-order valence-electron chi connectivity index (χ0n) is 10.0. The molecule has 0 spiro atoms. The average molecular weight is 219 g/mol. The molecule has 3 heteroatoms. The van der Waals surface area contributed by atoms with Gasteiger partial charge in [-0.1, -0.05) is 32.1 Å². The number of aromatic nitrogens is 2. The van der Waals surface area contributed by atoms with Gasteiger partial charge >= 0.3 is 0 Å². The van der Waals surface area contributed by atoms with Gasteiger partial charge in [0, 0.05) is 12.2 Å². The lowest BCUT2D eigenvalue weighted by atomic mass is 9.84. The third kappa shape index (κ3) is 3.01. The first kappa shape index (κ1) is 11.5. The van der Waals surface area contributed by atoms with Crippen molar-refractivity contribution in [1.82, 2.24) is 9.97 Å². The number of nitrogens with zero attached hydrogens (tertiary/aromatic N) is 2. The topological polar surface area (TPSA) is 51.8 Å². The van der Waals surface area contributed by atoms with Crippen molar-refractivity contribution < 1.29 is 0 Å². The van der Waals surface area contributed by atoms with Crippen LogP contribution in [0.15, 0.2) is 12.4 Å². The van der Waals surface area contributed by atoms with Crippen LogP contribution in [0, 0.1) is 12.8 Å². The van der Waals surface area contributed by atoms with Crippen molar-refractivity contribution in [3.8, 4) is 0 Å². The van der Waals surface area contributed by atoms with Crippen molar-refractivity contribution in [2.75, 3.05) is 0 Å². The second kappa shape index (κ2) is 5.39. The molecule has 1 aromatic heterocycles. The van der Waals surface area contributed by atoms with Gasteiger partial charge in [0.15, 0.2) is 0 Å². The van der Waals surface area contributed by atoms with E-state index in [1.54, 1.807) is 6.20 Å². The Morgan fingerprint density at radius 1 is 1.25 bits per heavy atom. The van der Waals surface area contributed by atoms with Gasteiger partial charge in [-0.15, -0.1) is 0 Å². The van der Waals surface area contributed by atoms with E-state index in [9.17, 15) is 0 Å². The van der Waals surface area contributed by atoms with Gasteiger partial charge in [0.1, 0.15) is 0 Å². The van der Waals surface area contributed by atoms with Crippen molar-refractivity contribution >= 4 is 0 Å². The molecule has 0 aromatic carbocycles. The molecule has 0 bridgehead atoms. The Labute approximate surface area is 97.5 Å². The summed E-state index contributed by atoms with van der Waals surface area (Å²) in [7, 11) is 0. The summed E-state index contributed by atoms with van der Waals surface area (Å²) in [5.74, 6) is 0.798. The molecule has 88 valence electrons. The van der Waals surface area contributed by atoms with Crippen LogP contribution in [-0.4, -0.2) is 9.97 Å². The molecular weight excluding hydrogens is 198 g/mol. The summed E-state index contributed by atoms with van der Waals surface area (Å²) >= 11 is 0. The lowest BCUT2D eigenvalue weighted by Crippen LogP contribution is -2.18. The highest BCUT2D eigenvalue weighted by molar-refractivity contribution is 5.05. The van der Waals surface area contributed by atoms with Crippen LogP contribution >= 0.6 is 0 Å². The first-order valence-electron chi connectivity index (χ1n) is 6.30. The minimum absolute atomic E-state index is 0.0659. The fourth-order valence-electron chi connectivity index (χ4n) is 2.50. The molecule has 1 heterocycles. The smallest absolute Gasteiger partial charge is 0.0754 e. The Morgan fingerprint density at radius 2 is 2.00 bits per heavy atom. The molecular formula is C13H21N3. The molecule has 1 aromatic rings. The maximum Gasteiger partial charge on any atom is 0.0754 e. The Bertz CT molecular complexity index is 314. The number of aryl methyl sites for hydroxylation is 1. The number of hydrogen-bond acceptors (Lipinski definition) is 3. The fourth-order valence-corrected chi connectivity index (χ4v) is 2.50. The maximum absolute atomic E-state index is 6.17. The van der Waals surface area contributed by atoms with Crippen LogP contribution in [0.4, 0.5) is 0 Å². The third-order valence-corrected chi connectivity index (χ3v) is 3.49. The highest BCUT2D eigenvalue weighted by Gasteiger charge is 2.18. The summed E-state index contributed by atoms with van der Waals surface area (Å²) in [5.41, 5.74) is 8.07. The fraction of sp³-hybridized carbons (Fsp3) is 0.692. The SMILES string of the molecule is Cc1cnc(C(N)CC2CCCCC2)cn1. The number of rotatable bonds is 3. The maximum atomic E-state index is 6.17. The monoisotopic (exact) mass is 219 g/mol. The first-order chi connectivity index (χ1) is 7.75. The van der Waals surface area contributed by atoms with Crippen LogP contribution in [0.5, 0.6) is 0 Å². The van der Waals surface area contributed by atoms with Gasteiger partial charge < -0.3 is 5.73 Å². The van der Waals surface area contributed by atoms with Gasteiger partial charge in [-0.2, -0.15) is 0 Å².